The minimum atomic E-state index is -0.204. The van der Waals surface area contributed by atoms with E-state index in [1.165, 1.54) is 66.3 Å². The van der Waals surface area contributed by atoms with Crippen LogP contribution in [0.15, 0.2) is 205 Å². The summed E-state index contributed by atoms with van der Waals surface area (Å²) in [5.41, 5.74) is 19.2. The number of benzene rings is 8. The molecule has 3 heteroatoms. The van der Waals surface area contributed by atoms with E-state index in [2.05, 4.69) is 224 Å². The molecule has 11 rings (SSSR count). The highest BCUT2D eigenvalue weighted by Gasteiger charge is 2.35. The monoisotopic (exact) mass is 743 g/mol. The SMILES string of the molecule is CC1(C)c2ccccc2-c2ccc(-c3ccc(C4=NC(c5ccccc5)NC(c5ccc(-c6ccc(-n7c8ccccc8c8ccccc87)cc6)cc5)=C4)cc3)cc21. The first-order valence-corrected chi connectivity index (χ1v) is 20.2. The zero-order valence-electron chi connectivity index (χ0n) is 32.5. The van der Waals surface area contributed by atoms with E-state index in [9.17, 15) is 0 Å². The van der Waals surface area contributed by atoms with Crippen molar-refractivity contribution >= 4 is 33.2 Å². The fourth-order valence-electron chi connectivity index (χ4n) is 9.22. The number of nitrogens with one attached hydrogen (secondary N) is 1. The Morgan fingerprint density at radius 3 is 1.67 bits per heavy atom. The van der Waals surface area contributed by atoms with Crippen LogP contribution in [-0.4, -0.2) is 10.3 Å². The minimum Gasteiger partial charge on any atom is -0.360 e. The summed E-state index contributed by atoms with van der Waals surface area (Å²) >= 11 is 0. The summed E-state index contributed by atoms with van der Waals surface area (Å²) in [7, 11) is 0. The van der Waals surface area contributed by atoms with Crippen LogP contribution in [0.5, 0.6) is 0 Å². The average Bonchev–Trinajstić information content (AvgIpc) is 3.75. The van der Waals surface area contributed by atoms with Crippen LogP contribution >= 0.6 is 0 Å². The Labute approximate surface area is 339 Å². The van der Waals surface area contributed by atoms with Crippen LogP contribution in [-0.2, 0) is 5.41 Å². The second kappa shape index (κ2) is 13.5. The van der Waals surface area contributed by atoms with Gasteiger partial charge in [-0.25, -0.2) is 0 Å². The third-order valence-electron chi connectivity index (χ3n) is 12.3. The minimum absolute atomic E-state index is 0.0312. The lowest BCUT2D eigenvalue weighted by molar-refractivity contribution is 0.660. The Hall–Kier alpha value is -7.23. The van der Waals surface area contributed by atoms with Gasteiger partial charge in [0.15, 0.2) is 0 Å². The Morgan fingerprint density at radius 1 is 0.466 bits per heavy atom. The molecule has 0 amide bonds. The maximum atomic E-state index is 5.25. The number of nitrogens with zero attached hydrogens (tertiary/aromatic N) is 2. The van der Waals surface area contributed by atoms with Crippen LogP contribution in [0.25, 0.3) is 66.6 Å². The summed E-state index contributed by atoms with van der Waals surface area (Å²) < 4.78 is 2.36. The van der Waals surface area contributed by atoms with E-state index < -0.39 is 0 Å². The fraction of sp³-hybridized carbons (Fsp3) is 0.0727. The van der Waals surface area contributed by atoms with Gasteiger partial charge in [0.25, 0.3) is 0 Å². The smallest absolute Gasteiger partial charge is 0.145 e. The van der Waals surface area contributed by atoms with E-state index >= 15 is 0 Å². The van der Waals surface area contributed by atoms with Crippen LogP contribution in [0, 0.1) is 0 Å². The summed E-state index contributed by atoms with van der Waals surface area (Å²) in [4.78, 5) is 5.25. The first-order chi connectivity index (χ1) is 28.5. The van der Waals surface area contributed by atoms with E-state index in [0.29, 0.717) is 0 Å². The standard InChI is InChI=1S/C55H41N3/c1-55(2)48-17-9-6-14-44(48)45-33-30-42(34-49(45)55)38-22-26-40(27-23-38)51-35-50(56-54(57-51)41-12-4-3-5-13-41)39-24-20-36(21-25-39)37-28-31-43(32-29-37)58-52-18-10-7-15-46(52)47-16-8-11-19-53(47)58/h3-35,54,56H,1-2H3. The van der Waals surface area contributed by atoms with Crippen molar-refractivity contribution in [2.24, 2.45) is 4.99 Å². The third-order valence-corrected chi connectivity index (χ3v) is 12.3. The molecule has 1 aliphatic heterocycles. The van der Waals surface area contributed by atoms with Gasteiger partial charge >= 0.3 is 0 Å². The highest BCUT2D eigenvalue weighted by molar-refractivity contribution is 6.13. The van der Waals surface area contributed by atoms with E-state index in [0.717, 1.165) is 33.8 Å². The molecule has 1 unspecified atom stereocenters. The van der Waals surface area contributed by atoms with Gasteiger partial charge in [-0.2, -0.15) is 0 Å². The lowest BCUT2D eigenvalue weighted by atomic mass is 9.81. The van der Waals surface area contributed by atoms with Gasteiger partial charge in [-0.05, 0) is 97.6 Å². The molecule has 1 aliphatic carbocycles. The van der Waals surface area contributed by atoms with Crippen molar-refractivity contribution in [2.75, 3.05) is 0 Å². The Morgan fingerprint density at radius 2 is 0.983 bits per heavy atom. The Bertz CT molecular complexity index is 3020. The normalized spacial score (nSPS) is 15.4. The number of aliphatic imine (C=N–C) groups is 1. The molecule has 0 spiro atoms. The van der Waals surface area contributed by atoms with E-state index in [4.69, 9.17) is 4.99 Å². The lowest BCUT2D eigenvalue weighted by Crippen LogP contribution is -2.24. The highest BCUT2D eigenvalue weighted by Crippen LogP contribution is 2.49. The maximum Gasteiger partial charge on any atom is 0.145 e. The quantitative estimate of drug-likeness (QED) is 0.181. The fourth-order valence-corrected chi connectivity index (χ4v) is 9.22. The average molecular weight is 744 g/mol. The van der Waals surface area contributed by atoms with Gasteiger partial charge in [0.1, 0.15) is 6.17 Å². The second-order valence-electron chi connectivity index (χ2n) is 16.0. The first kappa shape index (κ1) is 34.1. The predicted octanol–water partition coefficient (Wildman–Crippen LogP) is 13.6. The molecular weight excluding hydrogens is 703 g/mol. The van der Waals surface area contributed by atoms with Crippen molar-refractivity contribution in [1.82, 2.24) is 9.88 Å². The summed E-state index contributed by atoms with van der Waals surface area (Å²) in [5, 5.41) is 6.29. The molecular formula is C55H41N3. The summed E-state index contributed by atoms with van der Waals surface area (Å²) in [6.07, 6.45) is 1.99. The van der Waals surface area contributed by atoms with Gasteiger partial charge in [0.05, 0.1) is 16.7 Å². The van der Waals surface area contributed by atoms with Gasteiger partial charge in [0.2, 0.25) is 0 Å². The van der Waals surface area contributed by atoms with E-state index in [1.54, 1.807) is 0 Å². The molecule has 0 fully saturated rings. The first-order valence-electron chi connectivity index (χ1n) is 20.2. The molecule has 58 heavy (non-hydrogen) atoms. The molecule has 3 nitrogen and oxygen atoms in total. The molecule has 2 aliphatic rings. The molecule has 0 saturated carbocycles. The maximum absolute atomic E-state index is 5.25. The molecule has 2 heterocycles. The zero-order chi connectivity index (χ0) is 38.8. The Kier molecular flexibility index (Phi) is 7.90. The van der Waals surface area contributed by atoms with Gasteiger partial charge in [-0.3, -0.25) is 4.99 Å². The molecule has 1 aromatic heterocycles. The van der Waals surface area contributed by atoms with Crippen molar-refractivity contribution in [3.8, 4) is 39.1 Å². The van der Waals surface area contributed by atoms with Crippen LogP contribution in [0.3, 0.4) is 0 Å². The number of para-hydroxylation sites is 2. The number of allylic oxidation sites excluding steroid dienone is 1. The molecule has 276 valence electrons. The second-order valence-corrected chi connectivity index (χ2v) is 16.0. The summed E-state index contributed by atoms with van der Waals surface area (Å²) in [6.45, 7) is 4.68. The van der Waals surface area contributed by atoms with Crippen molar-refractivity contribution in [3.63, 3.8) is 0 Å². The third kappa shape index (κ3) is 5.62. The predicted molar refractivity (Wildman–Crippen MR) is 242 cm³/mol. The topological polar surface area (TPSA) is 29.3 Å². The van der Waals surface area contributed by atoms with Crippen molar-refractivity contribution in [1.29, 1.82) is 0 Å². The summed E-state index contributed by atoms with van der Waals surface area (Å²) in [5.74, 6) is 0. The lowest BCUT2D eigenvalue weighted by Gasteiger charge is -2.25. The van der Waals surface area contributed by atoms with Crippen molar-refractivity contribution in [2.45, 2.75) is 25.4 Å². The van der Waals surface area contributed by atoms with Gasteiger partial charge < -0.3 is 9.88 Å². The summed E-state index contributed by atoms with van der Waals surface area (Å²) in [6, 6.07) is 70.3. The largest absolute Gasteiger partial charge is 0.360 e. The molecule has 1 atom stereocenters. The van der Waals surface area contributed by atoms with E-state index in [1.807, 2.05) is 0 Å². The van der Waals surface area contributed by atoms with Crippen molar-refractivity contribution < 1.29 is 0 Å². The molecule has 0 radical (unpaired) electrons. The van der Waals surface area contributed by atoms with Gasteiger partial charge in [-0.15, -0.1) is 0 Å². The van der Waals surface area contributed by atoms with Gasteiger partial charge in [0, 0.05) is 27.6 Å². The molecule has 8 aromatic carbocycles. The van der Waals surface area contributed by atoms with Crippen LogP contribution in [0.1, 0.15) is 47.8 Å². The molecule has 9 aromatic rings. The number of aromatic nitrogens is 1. The molecule has 0 saturated heterocycles. The highest BCUT2D eigenvalue weighted by atomic mass is 15.1. The van der Waals surface area contributed by atoms with Crippen LogP contribution in [0.2, 0.25) is 0 Å². The van der Waals surface area contributed by atoms with Crippen molar-refractivity contribution in [3.05, 3.63) is 228 Å². The van der Waals surface area contributed by atoms with E-state index in [-0.39, 0.29) is 11.6 Å². The number of rotatable bonds is 6. The Balaban J connectivity index is 0.887. The number of fused-ring (bicyclic) bond motifs is 6. The zero-order valence-corrected chi connectivity index (χ0v) is 32.5. The number of hydrogen-bond acceptors (Lipinski definition) is 2. The van der Waals surface area contributed by atoms with Crippen LogP contribution in [0.4, 0.5) is 0 Å². The van der Waals surface area contributed by atoms with Crippen LogP contribution < -0.4 is 5.32 Å². The number of hydrogen-bond donors (Lipinski definition) is 1. The molecule has 0 bridgehead atoms. The van der Waals surface area contributed by atoms with Gasteiger partial charge in [-0.1, -0.05) is 178 Å². The molecule has 1 N–H and O–H groups in total.